The Labute approximate surface area is 126 Å². The van der Waals surface area contributed by atoms with E-state index in [0.29, 0.717) is 0 Å². The van der Waals surface area contributed by atoms with Crippen molar-refractivity contribution in [3.05, 3.63) is 29.8 Å². The zero-order valence-corrected chi connectivity index (χ0v) is 13.1. The van der Waals surface area contributed by atoms with E-state index in [1.807, 2.05) is 43.3 Å². The number of rotatable bonds is 6. The van der Waals surface area contributed by atoms with Crippen LogP contribution in [0.15, 0.2) is 24.3 Å². The highest BCUT2D eigenvalue weighted by Crippen LogP contribution is 2.13. The molecule has 0 bridgehead atoms. The van der Waals surface area contributed by atoms with Gasteiger partial charge in [0.2, 0.25) is 0 Å². The summed E-state index contributed by atoms with van der Waals surface area (Å²) in [6, 6.07) is 7.93. The molecule has 1 aromatic rings. The van der Waals surface area contributed by atoms with Crippen molar-refractivity contribution < 1.29 is 9.53 Å². The average molecular weight is 291 g/mol. The molecular weight excluding hydrogens is 266 g/mol. The summed E-state index contributed by atoms with van der Waals surface area (Å²) >= 11 is 0. The van der Waals surface area contributed by atoms with Gasteiger partial charge in [-0.2, -0.15) is 0 Å². The molecule has 1 unspecified atom stereocenters. The van der Waals surface area contributed by atoms with Gasteiger partial charge < -0.3 is 15.0 Å². The number of benzene rings is 1. The van der Waals surface area contributed by atoms with E-state index < -0.39 is 0 Å². The van der Waals surface area contributed by atoms with Gasteiger partial charge in [-0.1, -0.05) is 0 Å². The van der Waals surface area contributed by atoms with E-state index in [1.54, 1.807) is 7.11 Å². The highest BCUT2D eigenvalue weighted by atomic mass is 16.5. The minimum atomic E-state index is 0.0129. The molecule has 1 amide bonds. The van der Waals surface area contributed by atoms with Crippen LogP contribution in [0.25, 0.3) is 0 Å². The number of amides is 1. The summed E-state index contributed by atoms with van der Waals surface area (Å²) in [4.78, 5) is 16.6. The predicted molar refractivity (Wildman–Crippen MR) is 85.0 cm³/mol. The molecule has 1 N–H and O–H groups in total. The fourth-order valence-corrected chi connectivity index (χ4v) is 2.55. The second-order valence-electron chi connectivity index (χ2n) is 5.69. The standard InChI is InChI=1S/C16H25N3O2/c1-18(2)15-6-4-13(5-7-15)16(20)17-14-8-9-19(12-14)10-11-21-3/h4-7,14H,8-12H2,1-3H3,(H,17,20). The number of carbonyl (C=O) groups is 1. The van der Waals surface area contributed by atoms with Crippen molar-refractivity contribution >= 4 is 11.6 Å². The van der Waals surface area contributed by atoms with Crippen LogP contribution >= 0.6 is 0 Å². The molecule has 0 aliphatic carbocycles. The minimum Gasteiger partial charge on any atom is -0.383 e. The van der Waals surface area contributed by atoms with Crippen molar-refractivity contribution in [2.45, 2.75) is 12.5 Å². The molecule has 0 spiro atoms. The van der Waals surface area contributed by atoms with E-state index in [9.17, 15) is 4.79 Å². The first-order valence-electron chi connectivity index (χ1n) is 7.39. The van der Waals surface area contributed by atoms with Gasteiger partial charge in [0.15, 0.2) is 0 Å². The number of carbonyl (C=O) groups excluding carboxylic acids is 1. The second kappa shape index (κ2) is 7.43. The topological polar surface area (TPSA) is 44.8 Å². The van der Waals surface area contributed by atoms with E-state index in [1.165, 1.54) is 0 Å². The first-order chi connectivity index (χ1) is 10.1. The summed E-state index contributed by atoms with van der Waals surface area (Å²) in [7, 11) is 5.69. The number of anilines is 1. The summed E-state index contributed by atoms with van der Waals surface area (Å²) in [5.74, 6) is 0.0129. The first kappa shape index (κ1) is 15.8. The Morgan fingerprint density at radius 2 is 2.10 bits per heavy atom. The maximum atomic E-state index is 12.2. The van der Waals surface area contributed by atoms with Gasteiger partial charge in [0, 0.05) is 58.1 Å². The Morgan fingerprint density at radius 3 is 2.71 bits per heavy atom. The van der Waals surface area contributed by atoms with Crippen molar-refractivity contribution in [3.8, 4) is 0 Å². The molecule has 2 rings (SSSR count). The summed E-state index contributed by atoms with van der Waals surface area (Å²) < 4.78 is 5.09. The Bertz CT molecular complexity index is 459. The highest BCUT2D eigenvalue weighted by molar-refractivity contribution is 5.94. The lowest BCUT2D eigenvalue weighted by atomic mass is 10.1. The molecule has 1 atom stereocenters. The maximum absolute atomic E-state index is 12.2. The van der Waals surface area contributed by atoms with Gasteiger partial charge in [0.25, 0.3) is 5.91 Å². The molecule has 1 saturated heterocycles. The number of hydrogen-bond acceptors (Lipinski definition) is 4. The Hall–Kier alpha value is -1.59. The molecule has 0 aromatic heterocycles. The van der Waals surface area contributed by atoms with Crippen molar-refractivity contribution in [1.82, 2.24) is 10.2 Å². The maximum Gasteiger partial charge on any atom is 0.251 e. The van der Waals surface area contributed by atoms with Crippen LogP contribution < -0.4 is 10.2 Å². The molecule has 116 valence electrons. The molecular formula is C16H25N3O2. The monoisotopic (exact) mass is 291 g/mol. The molecule has 5 nitrogen and oxygen atoms in total. The van der Waals surface area contributed by atoms with E-state index in [2.05, 4.69) is 10.2 Å². The van der Waals surface area contributed by atoms with Crippen molar-refractivity contribution in [2.24, 2.45) is 0 Å². The fourth-order valence-electron chi connectivity index (χ4n) is 2.55. The van der Waals surface area contributed by atoms with Crippen LogP contribution in [0, 0.1) is 0 Å². The molecule has 0 saturated carbocycles. The summed E-state index contributed by atoms with van der Waals surface area (Å²) in [5.41, 5.74) is 1.81. The Kier molecular flexibility index (Phi) is 5.59. The van der Waals surface area contributed by atoms with Crippen LogP contribution in [0.2, 0.25) is 0 Å². The predicted octanol–water partition coefficient (Wildman–Crippen LogP) is 1.20. The average Bonchev–Trinajstić information content (AvgIpc) is 2.92. The summed E-state index contributed by atoms with van der Waals surface area (Å²) in [5, 5.41) is 3.12. The Morgan fingerprint density at radius 1 is 1.38 bits per heavy atom. The first-order valence-corrected chi connectivity index (χ1v) is 7.39. The molecule has 21 heavy (non-hydrogen) atoms. The zero-order chi connectivity index (χ0) is 15.2. The Balaban J connectivity index is 1.84. The molecule has 0 radical (unpaired) electrons. The van der Waals surface area contributed by atoms with E-state index in [4.69, 9.17) is 4.74 Å². The second-order valence-corrected chi connectivity index (χ2v) is 5.69. The smallest absolute Gasteiger partial charge is 0.251 e. The van der Waals surface area contributed by atoms with Crippen LogP contribution in [0.4, 0.5) is 5.69 Å². The van der Waals surface area contributed by atoms with E-state index in [0.717, 1.165) is 43.9 Å². The van der Waals surface area contributed by atoms with Gasteiger partial charge in [0.05, 0.1) is 6.61 Å². The third kappa shape index (κ3) is 4.44. The molecule has 1 aliphatic heterocycles. The lowest BCUT2D eigenvalue weighted by Crippen LogP contribution is -2.37. The van der Waals surface area contributed by atoms with Gasteiger partial charge >= 0.3 is 0 Å². The van der Waals surface area contributed by atoms with Crippen molar-refractivity contribution in [1.29, 1.82) is 0 Å². The molecule has 1 fully saturated rings. The van der Waals surface area contributed by atoms with E-state index in [-0.39, 0.29) is 11.9 Å². The van der Waals surface area contributed by atoms with Crippen LogP contribution in [0.5, 0.6) is 0 Å². The molecule has 1 aromatic carbocycles. The number of methoxy groups -OCH3 is 1. The van der Waals surface area contributed by atoms with Gasteiger partial charge in [-0.05, 0) is 30.7 Å². The lowest BCUT2D eigenvalue weighted by Gasteiger charge is -2.16. The summed E-state index contributed by atoms with van der Waals surface area (Å²) in [6.45, 7) is 3.60. The lowest BCUT2D eigenvalue weighted by molar-refractivity contribution is 0.0936. The number of nitrogens with one attached hydrogen (secondary N) is 1. The molecule has 1 aliphatic rings. The van der Waals surface area contributed by atoms with Gasteiger partial charge in [0.1, 0.15) is 0 Å². The highest BCUT2D eigenvalue weighted by Gasteiger charge is 2.23. The fraction of sp³-hybridized carbons (Fsp3) is 0.562. The zero-order valence-electron chi connectivity index (χ0n) is 13.1. The van der Waals surface area contributed by atoms with Crippen LogP contribution in [-0.2, 0) is 4.74 Å². The van der Waals surface area contributed by atoms with Gasteiger partial charge in [-0.25, -0.2) is 0 Å². The SMILES string of the molecule is COCCN1CCC(NC(=O)c2ccc(N(C)C)cc2)C1. The van der Waals surface area contributed by atoms with Crippen molar-refractivity contribution in [3.63, 3.8) is 0 Å². The number of hydrogen-bond donors (Lipinski definition) is 1. The minimum absolute atomic E-state index is 0.0129. The number of ether oxygens (including phenoxy) is 1. The third-order valence-electron chi connectivity index (χ3n) is 3.87. The quantitative estimate of drug-likeness (QED) is 0.855. The molecule has 1 heterocycles. The van der Waals surface area contributed by atoms with Crippen LogP contribution in [-0.4, -0.2) is 64.3 Å². The van der Waals surface area contributed by atoms with E-state index >= 15 is 0 Å². The largest absolute Gasteiger partial charge is 0.383 e. The van der Waals surface area contributed by atoms with Gasteiger partial charge in [-0.15, -0.1) is 0 Å². The van der Waals surface area contributed by atoms with Crippen LogP contribution in [0.3, 0.4) is 0 Å². The number of likely N-dealkylation sites (tertiary alicyclic amines) is 1. The number of nitrogens with zero attached hydrogens (tertiary/aromatic N) is 2. The normalized spacial score (nSPS) is 18.7. The van der Waals surface area contributed by atoms with Gasteiger partial charge in [-0.3, -0.25) is 9.69 Å². The van der Waals surface area contributed by atoms with Crippen molar-refractivity contribution in [2.75, 3.05) is 52.3 Å². The third-order valence-corrected chi connectivity index (χ3v) is 3.87. The summed E-state index contributed by atoms with van der Waals surface area (Å²) in [6.07, 6.45) is 1.01. The molecule has 5 heteroatoms. The van der Waals surface area contributed by atoms with Crippen LogP contribution in [0.1, 0.15) is 16.8 Å².